The van der Waals surface area contributed by atoms with Gasteiger partial charge in [-0.15, -0.1) is 0 Å². The van der Waals surface area contributed by atoms with Crippen LogP contribution in [0.2, 0.25) is 0 Å². The van der Waals surface area contributed by atoms with E-state index in [1.807, 2.05) is 20.8 Å². The average Bonchev–Trinajstić information content (AvgIpc) is 2.65. The Morgan fingerprint density at radius 1 is 1.26 bits per heavy atom. The molecule has 2 rings (SSSR count). The van der Waals surface area contributed by atoms with E-state index in [1.54, 1.807) is 0 Å². The van der Waals surface area contributed by atoms with Crippen molar-refractivity contribution in [2.45, 2.75) is 52.9 Å². The van der Waals surface area contributed by atoms with Crippen LogP contribution in [0.4, 0.5) is 0 Å². The fourth-order valence-electron chi connectivity index (χ4n) is 3.71. The number of carboxylic acids is 1. The van der Waals surface area contributed by atoms with Crippen LogP contribution in [-0.2, 0) is 19.1 Å². The summed E-state index contributed by atoms with van der Waals surface area (Å²) in [5.74, 6) is -3.17. The van der Waals surface area contributed by atoms with Crippen molar-refractivity contribution in [1.82, 2.24) is 4.90 Å². The number of ether oxygens (including phenoxy) is 1. The predicted molar refractivity (Wildman–Crippen MR) is 80.0 cm³/mol. The van der Waals surface area contributed by atoms with Crippen LogP contribution in [0.5, 0.6) is 0 Å². The highest BCUT2D eigenvalue weighted by Gasteiger charge is 2.61. The Morgan fingerprint density at radius 3 is 2.22 bits per heavy atom. The largest absolute Gasteiger partial charge is 0.477 e. The van der Waals surface area contributed by atoms with Crippen LogP contribution in [0.25, 0.3) is 0 Å². The molecule has 2 aliphatic heterocycles. The Hall–Kier alpha value is -1.89. The van der Waals surface area contributed by atoms with Crippen molar-refractivity contribution in [3.05, 3.63) is 11.3 Å². The van der Waals surface area contributed by atoms with Gasteiger partial charge in [0.2, 0.25) is 5.91 Å². The average molecular weight is 325 g/mol. The molecule has 5 atom stereocenters. The Balaban J connectivity index is 2.50. The van der Waals surface area contributed by atoms with E-state index < -0.39 is 42.0 Å². The van der Waals surface area contributed by atoms with Gasteiger partial charge < -0.3 is 19.8 Å². The molecule has 0 saturated carbocycles. The summed E-state index contributed by atoms with van der Waals surface area (Å²) < 4.78 is 5.34. The van der Waals surface area contributed by atoms with Crippen LogP contribution in [0.15, 0.2) is 11.3 Å². The van der Waals surface area contributed by atoms with Crippen LogP contribution in [0.1, 0.15) is 34.6 Å². The number of aliphatic hydroxyl groups excluding tert-OH is 1. The Kier molecular flexibility index (Phi) is 4.52. The third-order valence-electron chi connectivity index (χ3n) is 4.63. The second-order valence-electron chi connectivity index (χ2n) is 6.64. The number of carboxylic acid groups (broad SMARTS) is 1. The van der Waals surface area contributed by atoms with Crippen LogP contribution < -0.4 is 0 Å². The number of aliphatic carboxylic acids is 1. The van der Waals surface area contributed by atoms with E-state index in [9.17, 15) is 24.6 Å². The van der Waals surface area contributed by atoms with Gasteiger partial charge in [-0.3, -0.25) is 9.59 Å². The van der Waals surface area contributed by atoms with Crippen LogP contribution in [0.3, 0.4) is 0 Å². The fourth-order valence-corrected chi connectivity index (χ4v) is 3.71. The zero-order valence-electron chi connectivity index (χ0n) is 13.9. The van der Waals surface area contributed by atoms with Crippen LogP contribution in [0, 0.1) is 17.8 Å². The number of rotatable bonds is 5. The van der Waals surface area contributed by atoms with Crippen molar-refractivity contribution in [2.24, 2.45) is 17.8 Å². The summed E-state index contributed by atoms with van der Waals surface area (Å²) in [7, 11) is 0. The Labute approximate surface area is 134 Å². The number of hydrogen-bond acceptors (Lipinski definition) is 5. The molecule has 1 saturated heterocycles. The molecule has 0 aromatic heterocycles. The predicted octanol–water partition coefficient (Wildman–Crippen LogP) is 0.770. The van der Waals surface area contributed by atoms with E-state index in [4.69, 9.17) is 4.74 Å². The van der Waals surface area contributed by atoms with E-state index in [-0.39, 0.29) is 17.5 Å². The molecule has 7 nitrogen and oxygen atoms in total. The van der Waals surface area contributed by atoms with Gasteiger partial charge in [0, 0.05) is 18.4 Å². The number of carbonyl (C=O) groups is 3. The molecular weight excluding hydrogens is 302 g/mol. The van der Waals surface area contributed by atoms with Gasteiger partial charge in [-0.25, -0.2) is 4.79 Å². The first-order chi connectivity index (χ1) is 10.6. The first kappa shape index (κ1) is 17.5. The third-order valence-corrected chi connectivity index (χ3v) is 4.63. The van der Waals surface area contributed by atoms with Gasteiger partial charge in [0.15, 0.2) is 0 Å². The van der Waals surface area contributed by atoms with Gasteiger partial charge in [-0.05, 0) is 12.8 Å². The topological polar surface area (TPSA) is 104 Å². The minimum atomic E-state index is -1.22. The van der Waals surface area contributed by atoms with Gasteiger partial charge in [0.1, 0.15) is 11.8 Å². The second kappa shape index (κ2) is 5.96. The lowest BCUT2D eigenvalue weighted by Gasteiger charge is -2.46. The summed E-state index contributed by atoms with van der Waals surface area (Å²) in [6.07, 6.45) is -1.56. The van der Waals surface area contributed by atoms with Crippen molar-refractivity contribution >= 4 is 17.8 Å². The minimum absolute atomic E-state index is 0.107. The van der Waals surface area contributed by atoms with Crippen molar-refractivity contribution in [3.8, 4) is 0 Å². The summed E-state index contributed by atoms with van der Waals surface area (Å²) in [5.41, 5.74) is 0.341. The molecule has 0 bridgehead atoms. The van der Waals surface area contributed by atoms with Crippen molar-refractivity contribution < 1.29 is 29.3 Å². The number of aliphatic hydroxyl groups is 1. The van der Waals surface area contributed by atoms with Gasteiger partial charge in [-0.1, -0.05) is 20.8 Å². The zero-order valence-corrected chi connectivity index (χ0v) is 13.9. The molecule has 0 aromatic rings. The minimum Gasteiger partial charge on any atom is -0.477 e. The summed E-state index contributed by atoms with van der Waals surface area (Å²) in [4.78, 5) is 36.6. The number of carbonyl (C=O) groups excluding carboxylic acids is 2. The lowest BCUT2D eigenvalue weighted by atomic mass is 9.76. The first-order valence-corrected chi connectivity index (χ1v) is 7.75. The monoisotopic (exact) mass is 325 g/mol. The van der Waals surface area contributed by atoms with Gasteiger partial charge in [0.25, 0.3) is 0 Å². The second-order valence-corrected chi connectivity index (χ2v) is 6.64. The van der Waals surface area contributed by atoms with Crippen LogP contribution in [-0.4, -0.2) is 51.2 Å². The van der Waals surface area contributed by atoms with Gasteiger partial charge in [0.05, 0.1) is 18.1 Å². The molecule has 2 heterocycles. The highest BCUT2D eigenvalue weighted by atomic mass is 16.5. The molecule has 23 heavy (non-hydrogen) atoms. The zero-order chi connectivity index (χ0) is 17.6. The highest BCUT2D eigenvalue weighted by Crippen LogP contribution is 2.49. The van der Waals surface area contributed by atoms with E-state index in [2.05, 4.69) is 0 Å². The number of esters is 1. The lowest BCUT2D eigenvalue weighted by molar-refractivity contribution is -0.163. The summed E-state index contributed by atoms with van der Waals surface area (Å²) >= 11 is 0. The maximum absolute atomic E-state index is 12.3. The lowest BCUT2D eigenvalue weighted by Crippen LogP contribution is -2.63. The standard InChI is InChI=1S/C16H23NO6/c1-6(2)14(23-9(5)19)10-7(3)12-11(8(4)18)15(20)17(12)13(10)16(21)22/h6-8,11-12,14,18H,1-5H3,(H,21,22)/t7-,8+,11+,12?,14-/m0/s1. The smallest absolute Gasteiger partial charge is 0.352 e. The van der Waals surface area contributed by atoms with E-state index >= 15 is 0 Å². The maximum atomic E-state index is 12.3. The summed E-state index contributed by atoms with van der Waals surface area (Å²) in [6.45, 7) is 8.27. The number of amides is 1. The normalized spacial score (nSPS) is 29.3. The molecule has 128 valence electrons. The SMILES string of the molecule is CC(=O)O[C@H](C1=C(C(=O)O)N2C(=O)[C@H]([C@@H](C)O)C2[C@H]1C)C(C)C. The Morgan fingerprint density at radius 2 is 1.83 bits per heavy atom. The van der Waals surface area contributed by atoms with Crippen molar-refractivity contribution in [1.29, 1.82) is 0 Å². The third kappa shape index (κ3) is 2.63. The molecule has 0 aliphatic carbocycles. The first-order valence-electron chi connectivity index (χ1n) is 7.75. The molecule has 0 radical (unpaired) electrons. The molecule has 2 aliphatic rings. The van der Waals surface area contributed by atoms with Gasteiger partial charge >= 0.3 is 11.9 Å². The highest BCUT2D eigenvalue weighted by molar-refractivity contribution is 6.00. The summed E-state index contributed by atoms with van der Waals surface area (Å²) in [6, 6.07) is -0.402. The quantitative estimate of drug-likeness (QED) is 0.571. The van der Waals surface area contributed by atoms with Gasteiger partial charge in [-0.2, -0.15) is 0 Å². The number of β-lactam (4-membered cyclic amide) rings is 1. The Bertz CT molecular complexity index is 579. The molecule has 0 spiro atoms. The molecule has 1 unspecified atom stereocenters. The fraction of sp³-hybridized carbons (Fsp3) is 0.688. The number of nitrogens with zero attached hydrogens (tertiary/aromatic N) is 1. The molecule has 7 heteroatoms. The van der Waals surface area contributed by atoms with Crippen LogP contribution >= 0.6 is 0 Å². The molecule has 2 N–H and O–H groups in total. The number of fused-ring (bicyclic) bond motifs is 1. The van der Waals surface area contributed by atoms with Crippen molar-refractivity contribution in [3.63, 3.8) is 0 Å². The van der Waals surface area contributed by atoms with E-state index in [0.717, 1.165) is 0 Å². The number of hydrogen-bond donors (Lipinski definition) is 2. The van der Waals surface area contributed by atoms with E-state index in [1.165, 1.54) is 18.7 Å². The molecule has 0 aromatic carbocycles. The van der Waals surface area contributed by atoms with E-state index in [0.29, 0.717) is 5.57 Å². The summed E-state index contributed by atoms with van der Waals surface area (Å²) in [5, 5.41) is 19.4. The van der Waals surface area contributed by atoms with Crippen molar-refractivity contribution in [2.75, 3.05) is 0 Å². The molecule has 1 amide bonds. The maximum Gasteiger partial charge on any atom is 0.352 e. The molecular formula is C16H23NO6. The molecule has 1 fully saturated rings.